The third-order valence-corrected chi connectivity index (χ3v) is 3.40. The summed E-state index contributed by atoms with van der Waals surface area (Å²) in [5.74, 6) is 1.17. The van der Waals surface area contributed by atoms with E-state index < -0.39 is 0 Å². The minimum absolute atomic E-state index is 0.572. The summed E-state index contributed by atoms with van der Waals surface area (Å²) >= 11 is 7.42. The molecule has 0 aromatic carbocycles. The van der Waals surface area contributed by atoms with Crippen LogP contribution in [0.2, 0.25) is 4.34 Å². The third kappa shape index (κ3) is 3.58. The van der Waals surface area contributed by atoms with Crippen molar-refractivity contribution < 1.29 is 4.74 Å². The van der Waals surface area contributed by atoms with Crippen molar-refractivity contribution >= 4 is 28.9 Å². The van der Waals surface area contributed by atoms with Gasteiger partial charge in [0.1, 0.15) is 0 Å². The summed E-state index contributed by atoms with van der Waals surface area (Å²) in [7, 11) is 0. The van der Waals surface area contributed by atoms with E-state index in [2.05, 4.69) is 15.3 Å². The van der Waals surface area contributed by atoms with Crippen molar-refractivity contribution in [3.05, 3.63) is 33.1 Å². The van der Waals surface area contributed by atoms with E-state index in [-0.39, 0.29) is 0 Å². The zero-order chi connectivity index (χ0) is 13.0. The standard InChI is InChI=1S/C12H14ClN3OS/c1-3-17-11-6-8(2)15-12(16-11)14-7-9-4-5-10(13)18-9/h4-6H,3,7H2,1-2H3,(H,14,15,16). The van der Waals surface area contributed by atoms with Crippen LogP contribution >= 0.6 is 22.9 Å². The largest absolute Gasteiger partial charge is 0.478 e. The van der Waals surface area contributed by atoms with E-state index in [1.807, 2.05) is 32.0 Å². The lowest BCUT2D eigenvalue weighted by molar-refractivity contribution is 0.326. The summed E-state index contributed by atoms with van der Waals surface area (Å²) in [4.78, 5) is 9.72. The molecule has 0 atom stereocenters. The molecular weight excluding hydrogens is 270 g/mol. The lowest BCUT2D eigenvalue weighted by atomic mass is 10.4. The number of nitrogens with one attached hydrogen (secondary N) is 1. The van der Waals surface area contributed by atoms with Crippen LogP contribution in [0.15, 0.2) is 18.2 Å². The summed E-state index contributed by atoms with van der Waals surface area (Å²) < 4.78 is 6.16. The fraction of sp³-hybridized carbons (Fsp3) is 0.333. The summed E-state index contributed by atoms with van der Waals surface area (Å²) in [6.07, 6.45) is 0. The average molecular weight is 284 g/mol. The predicted molar refractivity (Wildman–Crippen MR) is 74.6 cm³/mol. The van der Waals surface area contributed by atoms with E-state index in [1.165, 1.54) is 0 Å². The van der Waals surface area contributed by atoms with E-state index >= 15 is 0 Å². The molecule has 0 bridgehead atoms. The molecule has 0 fully saturated rings. The Morgan fingerprint density at radius 1 is 1.39 bits per heavy atom. The van der Waals surface area contributed by atoms with E-state index in [4.69, 9.17) is 16.3 Å². The molecule has 0 spiro atoms. The van der Waals surface area contributed by atoms with E-state index in [0.29, 0.717) is 25.0 Å². The first kappa shape index (κ1) is 13.1. The van der Waals surface area contributed by atoms with Crippen LogP contribution in [-0.4, -0.2) is 16.6 Å². The molecule has 0 aliphatic rings. The van der Waals surface area contributed by atoms with Gasteiger partial charge in [-0.15, -0.1) is 11.3 Å². The first-order chi connectivity index (χ1) is 8.67. The first-order valence-corrected chi connectivity index (χ1v) is 6.83. The number of halogens is 1. The quantitative estimate of drug-likeness (QED) is 0.912. The Morgan fingerprint density at radius 3 is 2.89 bits per heavy atom. The molecule has 96 valence electrons. The maximum absolute atomic E-state index is 5.87. The highest BCUT2D eigenvalue weighted by atomic mass is 35.5. The molecule has 0 aliphatic heterocycles. The van der Waals surface area contributed by atoms with Gasteiger partial charge < -0.3 is 10.1 Å². The van der Waals surface area contributed by atoms with Crippen molar-refractivity contribution in [3.63, 3.8) is 0 Å². The van der Waals surface area contributed by atoms with Gasteiger partial charge in [0.2, 0.25) is 11.8 Å². The molecule has 2 rings (SSSR count). The number of hydrogen-bond acceptors (Lipinski definition) is 5. The highest BCUT2D eigenvalue weighted by molar-refractivity contribution is 7.16. The number of hydrogen-bond donors (Lipinski definition) is 1. The van der Waals surface area contributed by atoms with Crippen molar-refractivity contribution in [2.24, 2.45) is 0 Å². The molecule has 0 unspecified atom stereocenters. The van der Waals surface area contributed by atoms with Crippen LogP contribution in [0.5, 0.6) is 5.88 Å². The van der Waals surface area contributed by atoms with Crippen LogP contribution < -0.4 is 10.1 Å². The van der Waals surface area contributed by atoms with Gasteiger partial charge >= 0.3 is 0 Å². The Balaban J connectivity index is 2.04. The molecule has 4 nitrogen and oxygen atoms in total. The van der Waals surface area contributed by atoms with E-state index in [9.17, 15) is 0 Å². The molecule has 6 heteroatoms. The van der Waals surface area contributed by atoms with Crippen molar-refractivity contribution in [3.8, 4) is 5.88 Å². The van der Waals surface area contributed by atoms with Crippen LogP contribution in [0.3, 0.4) is 0 Å². The SMILES string of the molecule is CCOc1cc(C)nc(NCc2ccc(Cl)s2)n1. The number of ether oxygens (including phenoxy) is 1. The Hall–Kier alpha value is -1.33. The lowest BCUT2D eigenvalue weighted by Gasteiger charge is -2.07. The number of nitrogens with zero attached hydrogens (tertiary/aromatic N) is 2. The normalized spacial score (nSPS) is 10.4. The van der Waals surface area contributed by atoms with Crippen molar-refractivity contribution in [1.82, 2.24) is 9.97 Å². The van der Waals surface area contributed by atoms with Gasteiger partial charge in [0.25, 0.3) is 0 Å². The van der Waals surface area contributed by atoms with Gasteiger partial charge in [-0.3, -0.25) is 0 Å². The maximum Gasteiger partial charge on any atom is 0.226 e. The Bertz CT molecular complexity index is 530. The van der Waals surface area contributed by atoms with Crippen LogP contribution in [-0.2, 0) is 6.54 Å². The second kappa shape index (κ2) is 6.02. The first-order valence-electron chi connectivity index (χ1n) is 5.64. The maximum atomic E-state index is 5.87. The molecule has 0 aliphatic carbocycles. The summed E-state index contributed by atoms with van der Waals surface area (Å²) in [6, 6.07) is 5.68. The molecule has 1 N–H and O–H groups in total. The Labute approximate surface area is 115 Å². The highest BCUT2D eigenvalue weighted by Crippen LogP contribution is 2.22. The molecular formula is C12H14ClN3OS. The molecule has 18 heavy (non-hydrogen) atoms. The Morgan fingerprint density at radius 2 is 2.22 bits per heavy atom. The van der Waals surface area contributed by atoms with E-state index in [1.54, 1.807) is 11.3 Å². The lowest BCUT2D eigenvalue weighted by Crippen LogP contribution is -2.05. The van der Waals surface area contributed by atoms with Gasteiger partial charge in [0.05, 0.1) is 17.5 Å². The van der Waals surface area contributed by atoms with Crippen molar-refractivity contribution in [2.45, 2.75) is 20.4 Å². The topological polar surface area (TPSA) is 47.0 Å². The minimum atomic E-state index is 0.572. The average Bonchev–Trinajstić information content (AvgIpc) is 2.72. The van der Waals surface area contributed by atoms with Crippen molar-refractivity contribution in [1.29, 1.82) is 0 Å². The molecule has 0 radical (unpaired) electrons. The van der Waals surface area contributed by atoms with Crippen molar-refractivity contribution in [2.75, 3.05) is 11.9 Å². The van der Waals surface area contributed by atoms with Crippen LogP contribution in [0, 0.1) is 6.92 Å². The number of aryl methyl sites for hydroxylation is 1. The molecule has 0 saturated heterocycles. The zero-order valence-electron chi connectivity index (χ0n) is 10.2. The molecule has 2 aromatic heterocycles. The van der Waals surface area contributed by atoms with Crippen LogP contribution in [0.4, 0.5) is 5.95 Å². The second-order valence-electron chi connectivity index (χ2n) is 3.66. The number of aromatic nitrogens is 2. The zero-order valence-corrected chi connectivity index (χ0v) is 11.8. The number of rotatable bonds is 5. The van der Waals surface area contributed by atoms with Crippen LogP contribution in [0.1, 0.15) is 17.5 Å². The summed E-state index contributed by atoms with van der Waals surface area (Å²) in [5.41, 5.74) is 0.875. The second-order valence-corrected chi connectivity index (χ2v) is 5.46. The van der Waals surface area contributed by atoms with E-state index in [0.717, 1.165) is 14.9 Å². The minimum Gasteiger partial charge on any atom is -0.478 e. The van der Waals surface area contributed by atoms with Gasteiger partial charge in [-0.1, -0.05) is 11.6 Å². The van der Waals surface area contributed by atoms with Gasteiger partial charge in [-0.2, -0.15) is 4.98 Å². The van der Waals surface area contributed by atoms with Gasteiger partial charge in [0.15, 0.2) is 0 Å². The summed E-state index contributed by atoms with van der Waals surface area (Å²) in [6.45, 7) is 5.10. The molecule has 0 saturated carbocycles. The fourth-order valence-corrected chi connectivity index (χ4v) is 2.48. The van der Waals surface area contributed by atoms with Crippen LogP contribution in [0.25, 0.3) is 0 Å². The molecule has 2 aromatic rings. The number of thiophene rings is 1. The Kier molecular flexibility index (Phi) is 4.38. The highest BCUT2D eigenvalue weighted by Gasteiger charge is 2.03. The van der Waals surface area contributed by atoms with Gasteiger partial charge in [-0.25, -0.2) is 4.98 Å². The summed E-state index contributed by atoms with van der Waals surface area (Å²) in [5, 5.41) is 3.16. The molecule has 2 heterocycles. The monoisotopic (exact) mass is 283 g/mol. The fourth-order valence-electron chi connectivity index (χ4n) is 1.45. The predicted octanol–water partition coefficient (Wildman–Crippen LogP) is 3.51. The smallest absolute Gasteiger partial charge is 0.226 e. The molecule has 0 amide bonds. The van der Waals surface area contributed by atoms with Gasteiger partial charge in [0, 0.05) is 16.6 Å². The van der Waals surface area contributed by atoms with Gasteiger partial charge in [-0.05, 0) is 26.0 Å². The number of anilines is 1. The third-order valence-electron chi connectivity index (χ3n) is 2.17.